The van der Waals surface area contributed by atoms with Crippen LogP contribution in [0.1, 0.15) is 40.1 Å². The molecule has 0 saturated carbocycles. The van der Waals surface area contributed by atoms with Gasteiger partial charge < -0.3 is 14.8 Å². The number of nitrogens with one attached hydrogen (secondary N) is 1. The Hall–Kier alpha value is -3.41. The lowest BCUT2D eigenvalue weighted by Crippen LogP contribution is -2.56. The molecule has 3 aromatic rings. The van der Waals surface area contributed by atoms with Crippen LogP contribution < -0.4 is 0 Å². The molecule has 4 rings (SSSR count). The lowest BCUT2D eigenvalue weighted by Gasteiger charge is -2.39. The molecule has 30 heavy (non-hydrogen) atoms. The van der Waals surface area contributed by atoms with Crippen molar-refractivity contribution in [2.45, 2.75) is 26.3 Å². The van der Waals surface area contributed by atoms with Crippen LogP contribution in [-0.4, -0.2) is 58.1 Å². The van der Waals surface area contributed by atoms with Crippen LogP contribution in [0.2, 0.25) is 0 Å². The van der Waals surface area contributed by atoms with E-state index in [0.29, 0.717) is 30.8 Å². The van der Waals surface area contributed by atoms with Crippen molar-refractivity contribution in [1.82, 2.24) is 14.8 Å². The quantitative estimate of drug-likeness (QED) is 0.537. The van der Waals surface area contributed by atoms with Crippen LogP contribution in [-0.2, 0) is 11.2 Å². The van der Waals surface area contributed by atoms with Gasteiger partial charge in [0.15, 0.2) is 0 Å². The summed E-state index contributed by atoms with van der Waals surface area (Å²) >= 11 is 0. The molecule has 1 aromatic heterocycles. The fraction of sp³-hybridized carbons (Fsp3) is 0.292. The number of nitrogens with zero attached hydrogens (tertiary/aromatic N) is 2. The number of carbonyl (C=O) groups is 3. The van der Waals surface area contributed by atoms with Gasteiger partial charge >= 0.3 is 0 Å². The predicted octanol–water partition coefficient (Wildman–Crippen LogP) is 3.29. The molecule has 1 aliphatic heterocycles. The Labute approximate surface area is 175 Å². The van der Waals surface area contributed by atoms with Crippen molar-refractivity contribution in [2.24, 2.45) is 0 Å². The molecule has 1 saturated heterocycles. The molecule has 2 aromatic carbocycles. The third kappa shape index (κ3) is 3.49. The number of aryl methyl sites for hydroxylation is 1. The van der Waals surface area contributed by atoms with Crippen LogP contribution in [0.5, 0.6) is 0 Å². The maximum absolute atomic E-state index is 13.0. The SMILES string of the molecule is CCc1cccc2c(C(=O)C(=O)N3CCN(C(=O)c4ccccc4)C[C@H]3C)c[nH]c12. The molecule has 2 amide bonds. The van der Waals surface area contributed by atoms with Crippen molar-refractivity contribution in [3.05, 3.63) is 71.4 Å². The normalized spacial score (nSPS) is 16.7. The molecule has 1 atom stereocenters. The van der Waals surface area contributed by atoms with E-state index in [4.69, 9.17) is 0 Å². The zero-order valence-corrected chi connectivity index (χ0v) is 17.2. The summed E-state index contributed by atoms with van der Waals surface area (Å²) in [4.78, 5) is 45.2. The summed E-state index contributed by atoms with van der Waals surface area (Å²) in [6.07, 6.45) is 2.47. The summed E-state index contributed by atoms with van der Waals surface area (Å²) < 4.78 is 0. The summed E-state index contributed by atoms with van der Waals surface area (Å²) in [5.41, 5.74) is 3.05. The fourth-order valence-corrected chi connectivity index (χ4v) is 4.15. The van der Waals surface area contributed by atoms with Gasteiger partial charge in [0.25, 0.3) is 17.6 Å². The molecule has 0 bridgehead atoms. The molecule has 2 heterocycles. The summed E-state index contributed by atoms with van der Waals surface area (Å²) in [7, 11) is 0. The summed E-state index contributed by atoms with van der Waals surface area (Å²) in [5.74, 6) is -1.08. The monoisotopic (exact) mass is 403 g/mol. The molecular formula is C24H25N3O3. The number of carbonyl (C=O) groups excluding carboxylic acids is 3. The van der Waals surface area contributed by atoms with Gasteiger partial charge in [-0.3, -0.25) is 14.4 Å². The van der Waals surface area contributed by atoms with E-state index in [1.807, 2.05) is 43.3 Å². The summed E-state index contributed by atoms with van der Waals surface area (Å²) in [6, 6.07) is 14.7. The molecule has 0 radical (unpaired) electrons. The fourth-order valence-electron chi connectivity index (χ4n) is 4.15. The maximum Gasteiger partial charge on any atom is 0.295 e. The number of ketones is 1. The number of rotatable bonds is 4. The van der Waals surface area contributed by atoms with Crippen LogP contribution in [0.25, 0.3) is 10.9 Å². The number of fused-ring (bicyclic) bond motifs is 1. The molecular weight excluding hydrogens is 378 g/mol. The number of benzene rings is 2. The Morgan fingerprint density at radius 2 is 1.80 bits per heavy atom. The van der Waals surface area contributed by atoms with Gasteiger partial charge in [-0.05, 0) is 31.0 Å². The van der Waals surface area contributed by atoms with Crippen molar-refractivity contribution in [2.75, 3.05) is 19.6 Å². The highest BCUT2D eigenvalue weighted by atomic mass is 16.2. The van der Waals surface area contributed by atoms with Gasteiger partial charge in [-0.25, -0.2) is 0 Å². The first-order chi connectivity index (χ1) is 14.5. The standard InChI is InChI=1S/C24H25N3O3/c1-3-17-10-7-11-19-20(14-25-21(17)19)22(28)24(30)27-13-12-26(15-16(27)2)23(29)18-8-5-4-6-9-18/h4-11,14,16,25H,3,12-13,15H2,1-2H3/t16-/m1/s1. The molecule has 154 valence electrons. The van der Waals surface area contributed by atoms with Crippen molar-refractivity contribution < 1.29 is 14.4 Å². The number of hydrogen-bond donors (Lipinski definition) is 1. The number of piperazine rings is 1. The van der Waals surface area contributed by atoms with Crippen LogP contribution >= 0.6 is 0 Å². The average molecular weight is 403 g/mol. The number of aromatic nitrogens is 1. The van der Waals surface area contributed by atoms with Crippen molar-refractivity contribution in [3.8, 4) is 0 Å². The molecule has 6 nitrogen and oxygen atoms in total. The highest BCUT2D eigenvalue weighted by Gasteiger charge is 2.34. The highest BCUT2D eigenvalue weighted by Crippen LogP contribution is 2.24. The first-order valence-corrected chi connectivity index (χ1v) is 10.3. The van der Waals surface area contributed by atoms with Gasteiger partial charge in [-0.15, -0.1) is 0 Å². The van der Waals surface area contributed by atoms with Gasteiger partial charge in [0, 0.05) is 48.3 Å². The number of Topliss-reactive ketones (excluding diaryl/α,β-unsaturated/α-hetero) is 1. The first kappa shape index (κ1) is 19.9. The average Bonchev–Trinajstić information content (AvgIpc) is 3.22. The Morgan fingerprint density at radius 3 is 2.50 bits per heavy atom. The van der Waals surface area contributed by atoms with E-state index in [2.05, 4.69) is 11.9 Å². The lowest BCUT2D eigenvalue weighted by atomic mass is 10.0. The number of H-pyrrole nitrogens is 1. The van der Waals surface area contributed by atoms with Crippen LogP contribution in [0.3, 0.4) is 0 Å². The van der Waals surface area contributed by atoms with Crippen LogP contribution in [0, 0.1) is 0 Å². The molecule has 0 spiro atoms. The molecule has 1 aliphatic rings. The molecule has 0 aliphatic carbocycles. The van der Waals surface area contributed by atoms with Crippen LogP contribution in [0.4, 0.5) is 0 Å². The third-order valence-corrected chi connectivity index (χ3v) is 5.82. The second kappa shape index (κ2) is 8.14. The minimum Gasteiger partial charge on any atom is -0.360 e. The first-order valence-electron chi connectivity index (χ1n) is 10.3. The predicted molar refractivity (Wildman–Crippen MR) is 116 cm³/mol. The highest BCUT2D eigenvalue weighted by molar-refractivity contribution is 6.45. The Balaban J connectivity index is 1.49. The molecule has 1 N–H and O–H groups in total. The summed E-state index contributed by atoms with van der Waals surface area (Å²) in [5, 5.41) is 0.776. The minimum absolute atomic E-state index is 0.0513. The largest absolute Gasteiger partial charge is 0.360 e. The zero-order valence-electron chi connectivity index (χ0n) is 17.2. The van der Waals surface area contributed by atoms with Crippen LogP contribution in [0.15, 0.2) is 54.7 Å². The summed E-state index contributed by atoms with van der Waals surface area (Å²) in [6.45, 7) is 5.08. The van der Waals surface area contributed by atoms with E-state index in [1.54, 1.807) is 28.1 Å². The third-order valence-electron chi connectivity index (χ3n) is 5.82. The van der Waals surface area contributed by atoms with Gasteiger partial charge in [-0.2, -0.15) is 0 Å². The van der Waals surface area contributed by atoms with Gasteiger partial charge in [-0.1, -0.05) is 43.3 Å². The van der Waals surface area contributed by atoms with Gasteiger partial charge in [0.1, 0.15) is 0 Å². The lowest BCUT2D eigenvalue weighted by molar-refractivity contribution is -0.130. The van der Waals surface area contributed by atoms with Crippen molar-refractivity contribution in [3.63, 3.8) is 0 Å². The van der Waals surface area contributed by atoms with E-state index in [9.17, 15) is 14.4 Å². The topological polar surface area (TPSA) is 73.5 Å². The van der Waals surface area contributed by atoms with Crippen molar-refractivity contribution in [1.29, 1.82) is 0 Å². The second-order valence-corrected chi connectivity index (χ2v) is 7.69. The van der Waals surface area contributed by atoms with E-state index < -0.39 is 11.7 Å². The smallest absolute Gasteiger partial charge is 0.295 e. The number of hydrogen-bond acceptors (Lipinski definition) is 3. The molecule has 1 fully saturated rings. The van der Waals surface area contributed by atoms with Crippen molar-refractivity contribution >= 4 is 28.5 Å². The maximum atomic E-state index is 13.0. The van der Waals surface area contributed by atoms with E-state index in [1.165, 1.54) is 0 Å². The minimum atomic E-state index is -0.517. The van der Waals surface area contributed by atoms with E-state index in [0.717, 1.165) is 22.9 Å². The Morgan fingerprint density at radius 1 is 1.03 bits per heavy atom. The number of aromatic amines is 1. The van der Waals surface area contributed by atoms with Gasteiger partial charge in [0.05, 0.1) is 5.56 Å². The Kier molecular flexibility index (Phi) is 5.40. The Bertz CT molecular complexity index is 1100. The van der Waals surface area contributed by atoms with Gasteiger partial charge in [0.2, 0.25) is 0 Å². The number of amides is 2. The second-order valence-electron chi connectivity index (χ2n) is 7.69. The van der Waals surface area contributed by atoms with E-state index >= 15 is 0 Å². The van der Waals surface area contributed by atoms with E-state index in [-0.39, 0.29) is 11.9 Å². The zero-order chi connectivity index (χ0) is 21.3. The molecule has 0 unspecified atom stereocenters. The number of para-hydroxylation sites is 1. The molecule has 6 heteroatoms.